The van der Waals surface area contributed by atoms with Crippen molar-refractivity contribution in [3.63, 3.8) is 0 Å². The van der Waals surface area contributed by atoms with Crippen molar-refractivity contribution in [3.8, 4) is 5.75 Å². The second kappa shape index (κ2) is 10.9. The quantitative estimate of drug-likeness (QED) is 0.423. The monoisotopic (exact) mass is 504 g/mol. The van der Waals surface area contributed by atoms with Crippen LogP contribution in [0.5, 0.6) is 5.75 Å². The van der Waals surface area contributed by atoms with E-state index in [9.17, 15) is 4.79 Å². The van der Waals surface area contributed by atoms with Crippen molar-refractivity contribution in [2.45, 2.75) is 78.2 Å². The number of furan rings is 1. The zero-order chi connectivity index (χ0) is 26.1. The highest BCUT2D eigenvalue weighted by molar-refractivity contribution is 6.00. The Morgan fingerprint density at radius 1 is 1.05 bits per heavy atom. The number of likely N-dealkylation sites (tertiary alicyclic amines) is 1. The Labute approximate surface area is 220 Å². The van der Waals surface area contributed by atoms with Crippen molar-refractivity contribution in [1.29, 1.82) is 0 Å². The number of fused-ring (bicyclic) bond motifs is 1. The largest absolute Gasteiger partial charge is 0.490 e. The third-order valence-corrected chi connectivity index (χ3v) is 7.71. The molecule has 198 valence electrons. The molecule has 2 fully saturated rings. The number of aryl methyl sites for hydroxylation is 1. The van der Waals surface area contributed by atoms with E-state index in [0.29, 0.717) is 36.9 Å². The van der Waals surface area contributed by atoms with Gasteiger partial charge in [0, 0.05) is 55.7 Å². The van der Waals surface area contributed by atoms with E-state index in [1.807, 2.05) is 43.0 Å². The lowest BCUT2D eigenvalue weighted by molar-refractivity contribution is -0.0592. The highest BCUT2D eigenvalue weighted by Crippen LogP contribution is 2.35. The highest BCUT2D eigenvalue weighted by atomic mass is 16.5. The van der Waals surface area contributed by atoms with Gasteiger partial charge in [-0.1, -0.05) is 30.3 Å². The molecule has 0 N–H and O–H groups in total. The Bertz CT molecular complexity index is 1220. The number of hydrogen-bond acceptors (Lipinski definition) is 5. The van der Waals surface area contributed by atoms with E-state index in [0.717, 1.165) is 53.8 Å². The third-order valence-electron chi connectivity index (χ3n) is 7.71. The number of amides is 1. The average Bonchev–Trinajstić information content (AvgIpc) is 3.21. The van der Waals surface area contributed by atoms with Crippen molar-refractivity contribution in [1.82, 2.24) is 9.80 Å². The van der Waals surface area contributed by atoms with Gasteiger partial charge in [0.25, 0.3) is 5.91 Å². The number of benzene rings is 2. The first-order valence-corrected chi connectivity index (χ1v) is 13.7. The number of hydrogen-bond donors (Lipinski definition) is 0. The molecule has 2 atom stereocenters. The molecule has 6 nitrogen and oxygen atoms in total. The lowest BCUT2D eigenvalue weighted by atomic mass is 9.99. The summed E-state index contributed by atoms with van der Waals surface area (Å²) in [6, 6.07) is 15.0. The minimum absolute atomic E-state index is 0.000915. The first-order chi connectivity index (χ1) is 17.8. The molecule has 1 aromatic heterocycles. The Kier molecular flexibility index (Phi) is 7.59. The molecule has 2 unspecified atom stereocenters. The Balaban J connectivity index is 1.47. The van der Waals surface area contributed by atoms with Crippen LogP contribution >= 0.6 is 0 Å². The van der Waals surface area contributed by atoms with Crippen LogP contribution in [0.15, 0.2) is 46.9 Å². The molecule has 2 aromatic carbocycles. The van der Waals surface area contributed by atoms with Crippen LogP contribution in [0.25, 0.3) is 11.0 Å². The number of nitrogens with zero attached hydrogens (tertiary/aromatic N) is 2. The molecule has 0 bridgehead atoms. The fourth-order valence-electron chi connectivity index (χ4n) is 5.74. The SMILES string of the molecule is Cc1cc2c(Cc3ccccc3)c(C(=O)N3CC(C)OC(C)C3)oc2cc1OC1CCN(C(C)C)CC1. The number of carbonyl (C=O) groups excluding carboxylic acids is 1. The van der Waals surface area contributed by atoms with E-state index < -0.39 is 0 Å². The summed E-state index contributed by atoms with van der Waals surface area (Å²) in [7, 11) is 0. The number of ether oxygens (including phenoxy) is 2. The maximum Gasteiger partial charge on any atom is 0.290 e. The van der Waals surface area contributed by atoms with Crippen molar-refractivity contribution >= 4 is 16.9 Å². The topological polar surface area (TPSA) is 55.2 Å². The lowest BCUT2D eigenvalue weighted by Gasteiger charge is -2.35. The summed E-state index contributed by atoms with van der Waals surface area (Å²) >= 11 is 0. The summed E-state index contributed by atoms with van der Waals surface area (Å²) in [5.41, 5.74) is 3.88. The van der Waals surface area contributed by atoms with Crippen LogP contribution in [0, 0.1) is 6.92 Å². The summed E-state index contributed by atoms with van der Waals surface area (Å²) in [6.07, 6.45) is 2.87. The van der Waals surface area contributed by atoms with Crippen LogP contribution in [0.4, 0.5) is 0 Å². The maximum absolute atomic E-state index is 13.8. The summed E-state index contributed by atoms with van der Waals surface area (Å²) in [6.45, 7) is 13.9. The van der Waals surface area contributed by atoms with Crippen LogP contribution in [0.1, 0.15) is 67.8 Å². The second-order valence-electron chi connectivity index (χ2n) is 11.1. The lowest BCUT2D eigenvalue weighted by Crippen LogP contribution is -2.48. The van der Waals surface area contributed by atoms with Crippen molar-refractivity contribution in [3.05, 3.63) is 64.9 Å². The Hall–Kier alpha value is -2.83. The van der Waals surface area contributed by atoms with Gasteiger partial charge in [-0.25, -0.2) is 0 Å². The number of morpholine rings is 1. The van der Waals surface area contributed by atoms with Crippen molar-refractivity contribution < 1.29 is 18.7 Å². The average molecular weight is 505 g/mol. The zero-order valence-corrected chi connectivity index (χ0v) is 22.8. The molecule has 6 heteroatoms. The van der Waals surface area contributed by atoms with Crippen LogP contribution in [-0.4, -0.2) is 66.2 Å². The van der Waals surface area contributed by atoms with Crippen LogP contribution < -0.4 is 4.74 Å². The minimum atomic E-state index is -0.0645. The number of carbonyl (C=O) groups is 1. The molecular weight excluding hydrogens is 464 g/mol. The number of piperidine rings is 1. The molecule has 2 aliphatic heterocycles. The zero-order valence-electron chi connectivity index (χ0n) is 22.8. The molecule has 2 saturated heterocycles. The van der Waals surface area contributed by atoms with Gasteiger partial charge in [-0.2, -0.15) is 0 Å². The molecule has 3 aromatic rings. The summed E-state index contributed by atoms with van der Waals surface area (Å²) in [5, 5.41) is 0.987. The molecule has 1 amide bonds. The summed E-state index contributed by atoms with van der Waals surface area (Å²) < 4.78 is 18.7. The van der Waals surface area contributed by atoms with E-state index >= 15 is 0 Å². The van der Waals surface area contributed by atoms with Gasteiger partial charge in [-0.05, 0) is 64.7 Å². The van der Waals surface area contributed by atoms with Gasteiger partial charge in [-0.15, -0.1) is 0 Å². The Morgan fingerprint density at radius 2 is 1.73 bits per heavy atom. The standard InChI is InChI=1S/C31H40N2O4/c1-20(2)32-13-11-25(12-14-32)36-28-17-29-26(15-21(28)3)27(16-24-9-7-6-8-10-24)30(37-29)31(34)33-18-22(4)35-23(5)19-33/h6-10,15,17,20,22-23,25H,11-14,16,18-19H2,1-5H3. The van der Waals surface area contributed by atoms with Crippen molar-refractivity contribution in [2.75, 3.05) is 26.2 Å². The van der Waals surface area contributed by atoms with Gasteiger partial charge in [0.1, 0.15) is 17.4 Å². The van der Waals surface area contributed by atoms with Gasteiger partial charge < -0.3 is 23.7 Å². The van der Waals surface area contributed by atoms with E-state index in [-0.39, 0.29) is 24.2 Å². The van der Waals surface area contributed by atoms with Crippen LogP contribution in [-0.2, 0) is 11.2 Å². The van der Waals surface area contributed by atoms with Gasteiger partial charge in [0.15, 0.2) is 5.76 Å². The van der Waals surface area contributed by atoms with E-state index in [1.54, 1.807) is 0 Å². The van der Waals surface area contributed by atoms with E-state index in [4.69, 9.17) is 13.9 Å². The fourth-order valence-corrected chi connectivity index (χ4v) is 5.74. The molecular formula is C31H40N2O4. The van der Waals surface area contributed by atoms with E-state index in [2.05, 4.69) is 43.9 Å². The molecule has 3 heterocycles. The van der Waals surface area contributed by atoms with Gasteiger partial charge in [-0.3, -0.25) is 4.79 Å². The van der Waals surface area contributed by atoms with Gasteiger partial charge in [0.05, 0.1) is 12.2 Å². The highest BCUT2D eigenvalue weighted by Gasteiger charge is 2.31. The van der Waals surface area contributed by atoms with E-state index in [1.165, 1.54) is 0 Å². The Morgan fingerprint density at radius 3 is 2.38 bits per heavy atom. The minimum Gasteiger partial charge on any atom is -0.490 e. The predicted molar refractivity (Wildman–Crippen MR) is 146 cm³/mol. The van der Waals surface area contributed by atoms with Crippen LogP contribution in [0.2, 0.25) is 0 Å². The molecule has 5 rings (SSSR count). The summed E-state index contributed by atoms with van der Waals surface area (Å²) in [5.74, 6) is 1.22. The maximum atomic E-state index is 13.8. The van der Waals surface area contributed by atoms with Crippen LogP contribution in [0.3, 0.4) is 0 Å². The molecule has 37 heavy (non-hydrogen) atoms. The molecule has 0 saturated carbocycles. The number of rotatable bonds is 6. The third kappa shape index (κ3) is 5.70. The summed E-state index contributed by atoms with van der Waals surface area (Å²) in [4.78, 5) is 18.2. The first kappa shape index (κ1) is 25.8. The smallest absolute Gasteiger partial charge is 0.290 e. The van der Waals surface area contributed by atoms with Gasteiger partial charge >= 0.3 is 0 Å². The first-order valence-electron chi connectivity index (χ1n) is 13.7. The molecule has 0 radical (unpaired) electrons. The molecule has 0 spiro atoms. The molecule has 2 aliphatic rings. The normalized spacial score (nSPS) is 21.6. The van der Waals surface area contributed by atoms with Gasteiger partial charge in [0.2, 0.25) is 0 Å². The predicted octanol–water partition coefficient (Wildman–Crippen LogP) is 5.83. The second-order valence-corrected chi connectivity index (χ2v) is 11.1. The fraction of sp³-hybridized carbons (Fsp3) is 0.516. The molecule has 0 aliphatic carbocycles. The van der Waals surface area contributed by atoms with Crippen molar-refractivity contribution in [2.24, 2.45) is 0 Å².